The SMILES string of the molecule is CC.Cc1ccc(-c2nnc3c4cc(-c5ccccc5)ccc4ccn23)cc1. The van der Waals surface area contributed by atoms with Gasteiger partial charge in [0.15, 0.2) is 11.5 Å². The van der Waals surface area contributed by atoms with Gasteiger partial charge in [0.05, 0.1) is 0 Å². The molecule has 0 atom stereocenters. The number of hydrogen-bond acceptors (Lipinski definition) is 2. The van der Waals surface area contributed by atoms with Crippen molar-refractivity contribution in [3.63, 3.8) is 0 Å². The van der Waals surface area contributed by atoms with Gasteiger partial charge in [-0.3, -0.25) is 4.40 Å². The first-order chi connectivity index (χ1) is 13.8. The Balaban J connectivity index is 0.000000932. The molecule has 0 N–H and O–H groups in total. The molecule has 5 rings (SSSR count). The van der Waals surface area contributed by atoms with Gasteiger partial charge in [-0.05, 0) is 35.6 Å². The molecule has 0 bridgehead atoms. The van der Waals surface area contributed by atoms with Gasteiger partial charge in [0.25, 0.3) is 0 Å². The van der Waals surface area contributed by atoms with Crippen LogP contribution in [0.1, 0.15) is 19.4 Å². The Bertz CT molecular complexity index is 1220. The smallest absolute Gasteiger partial charge is 0.168 e. The van der Waals surface area contributed by atoms with E-state index in [-0.39, 0.29) is 0 Å². The van der Waals surface area contributed by atoms with Crippen LogP contribution < -0.4 is 0 Å². The standard InChI is InChI=1S/C23H17N3.C2H6/c1-16-7-9-19(10-8-16)22-24-25-23-21-15-20(17-5-3-2-4-6-17)12-11-18(21)13-14-26(22)23;1-2/h2-15H,1H3;1-2H3. The van der Waals surface area contributed by atoms with Gasteiger partial charge in [-0.1, -0.05) is 86.1 Å². The van der Waals surface area contributed by atoms with Crippen LogP contribution in [-0.2, 0) is 0 Å². The molecule has 0 saturated heterocycles. The lowest BCUT2D eigenvalue weighted by atomic mass is 10.0. The van der Waals surface area contributed by atoms with Gasteiger partial charge in [0.2, 0.25) is 0 Å². The molecule has 28 heavy (non-hydrogen) atoms. The van der Waals surface area contributed by atoms with E-state index in [0.29, 0.717) is 0 Å². The van der Waals surface area contributed by atoms with Crippen molar-refractivity contribution >= 4 is 16.4 Å². The number of aryl methyl sites for hydroxylation is 1. The molecule has 0 fully saturated rings. The van der Waals surface area contributed by atoms with E-state index < -0.39 is 0 Å². The molecule has 3 nitrogen and oxygen atoms in total. The molecular weight excluding hydrogens is 342 g/mol. The number of benzene rings is 3. The lowest BCUT2D eigenvalue weighted by Gasteiger charge is -2.06. The summed E-state index contributed by atoms with van der Waals surface area (Å²) in [5.41, 5.74) is 5.58. The summed E-state index contributed by atoms with van der Waals surface area (Å²) in [5.74, 6) is 0.868. The minimum absolute atomic E-state index is 0.868. The maximum atomic E-state index is 4.49. The lowest BCUT2D eigenvalue weighted by molar-refractivity contribution is 1.11. The molecule has 3 heteroatoms. The predicted octanol–water partition coefficient (Wildman–Crippen LogP) is 6.55. The van der Waals surface area contributed by atoms with Crippen molar-refractivity contribution < 1.29 is 0 Å². The summed E-state index contributed by atoms with van der Waals surface area (Å²) in [6.07, 6.45) is 2.05. The summed E-state index contributed by atoms with van der Waals surface area (Å²) in [6.45, 7) is 6.09. The second-order valence-electron chi connectivity index (χ2n) is 6.57. The highest BCUT2D eigenvalue weighted by Gasteiger charge is 2.11. The van der Waals surface area contributed by atoms with Crippen molar-refractivity contribution in [3.05, 3.63) is 90.6 Å². The average molecular weight is 365 g/mol. The van der Waals surface area contributed by atoms with E-state index in [4.69, 9.17) is 0 Å². The van der Waals surface area contributed by atoms with E-state index in [9.17, 15) is 0 Å². The third-order valence-corrected chi connectivity index (χ3v) is 4.81. The number of nitrogens with zero attached hydrogens (tertiary/aromatic N) is 3. The minimum Gasteiger partial charge on any atom is -0.282 e. The van der Waals surface area contributed by atoms with Crippen molar-refractivity contribution in [3.8, 4) is 22.5 Å². The Morgan fingerprint density at radius 1 is 0.679 bits per heavy atom. The van der Waals surface area contributed by atoms with Crippen LogP contribution in [-0.4, -0.2) is 14.6 Å². The molecule has 0 spiro atoms. The molecule has 2 heterocycles. The molecule has 0 aliphatic heterocycles. The zero-order valence-electron chi connectivity index (χ0n) is 16.4. The number of pyridine rings is 1. The summed E-state index contributed by atoms with van der Waals surface area (Å²) in [5, 5.41) is 11.2. The first kappa shape index (κ1) is 17.9. The maximum Gasteiger partial charge on any atom is 0.168 e. The van der Waals surface area contributed by atoms with Gasteiger partial charge >= 0.3 is 0 Å². The quantitative estimate of drug-likeness (QED) is 0.355. The van der Waals surface area contributed by atoms with Crippen LogP contribution >= 0.6 is 0 Å². The van der Waals surface area contributed by atoms with Crippen LogP contribution in [0.25, 0.3) is 38.9 Å². The van der Waals surface area contributed by atoms with E-state index in [1.807, 2.05) is 19.9 Å². The predicted molar refractivity (Wildman–Crippen MR) is 117 cm³/mol. The molecule has 0 radical (unpaired) electrons. The van der Waals surface area contributed by atoms with Crippen LogP contribution in [0.5, 0.6) is 0 Å². The fourth-order valence-electron chi connectivity index (χ4n) is 3.38. The number of rotatable bonds is 2. The minimum atomic E-state index is 0.868. The summed E-state index contributed by atoms with van der Waals surface area (Å²) in [7, 11) is 0. The Morgan fingerprint density at radius 2 is 1.39 bits per heavy atom. The molecule has 0 unspecified atom stereocenters. The van der Waals surface area contributed by atoms with Crippen molar-refractivity contribution in [2.45, 2.75) is 20.8 Å². The summed E-state index contributed by atoms with van der Waals surface area (Å²) in [6, 6.07) is 27.4. The Hall–Kier alpha value is -3.46. The molecule has 138 valence electrons. The lowest BCUT2D eigenvalue weighted by Crippen LogP contribution is -1.90. The first-order valence-electron chi connectivity index (χ1n) is 9.69. The molecule has 0 saturated carbocycles. The molecule has 2 aromatic heterocycles. The maximum absolute atomic E-state index is 4.49. The number of hydrogen-bond donors (Lipinski definition) is 0. The van der Waals surface area contributed by atoms with Crippen LogP contribution in [0.4, 0.5) is 0 Å². The van der Waals surface area contributed by atoms with Gasteiger partial charge in [0.1, 0.15) is 0 Å². The van der Waals surface area contributed by atoms with Crippen molar-refractivity contribution in [2.75, 3.05) is 0 Å². The van der Waals surface area contributed by atoms with Crippen molar-refractivity contribution in [1.82, 2.24) is 14.6 Å². The highest BCUT2D eigenvalue weighted by atomic mass is 15.2. The number of fused-ring (bicyclic) bond motifs is 3. The zero-order valence-corrected chi connectivity index (χ0v) is 16.4. The second kappa shape index (κ2) is 7.65. The fourth-order valence-corrected chi connectivity index (χ4v) is 3.38. The molecular formula is C25H23N3. The van der Waals surface area contributed by atoms with E-state index in [2.05, 4.69) is 101 Å². The molecule has 0 amide bonds. The van der Waals surface area contributed by atoms with Gasteiger partial charge in [0, 0.05) is 17.1 Å². The molecule has 5 aromatic rings. The van der Waals surface area contributed by atoms with Crippen LogP contribution in [0.3, 0.4) is 0 Å². The van der Waals surface area contributed by atoms with E-state index >= 15 is 0 Å². The largest absolute Gasteiger partial charge is 0.282 e. The van der Waals surface area contributed by atoms with E-state index in [0.717, 1.165) is 22.4 Å². The van der Waals surface area contributed by atoms with Gasteiger partial charge in [-0.25, -0.2) is 0 Å². The third-order valence-electron chi connectivity index (χ3n) is 4.81. The Kier molecular flexibility index (Phi) is 4.90. The number of aromatic nitrogens is 3. The normalized spacial score (nSPS) is 10.7. The summed E-state index contributed by atoms with van der Waals surface area (Å²) >= 11 is 0. The van der Waals surface area contributed by atoms with E-state index in [1.165, 1.54) is 22.1 Å². The zero-order chi connectivity index (χ0) is 19.5. The highest BCUT2D eigenvalue weighted by Crippen LogP contribution is 2.28. The average Bonchev–Trinajstić information content (AvgIpc) is 3.21. The molecule has 0 aliphatic carbocycles. The van der Waals surface area contributed by atoms with Crippen molar-refractivity contribution in [1.29, 1.82) is 0 Å². The van der Waals surface area contributed by atoms with Gasteiger partial charge in [-0.2, -0.15) is 0 Å². The molecule has 3 aromatic carbocycles. The molecule has 0 aliphatic rings. The van der Waals surface area contributed by atoms with Gasteiger partial charge < -0.3 is 0 Å². The monoisotopic (exact) mass is 365 g/mol. The third kappa shape index (κ3) is 3.16. The summed E-state index contributed by atoms with van der Waals surface area (Å²) < 4.78 is 2.07. The van der Waals surface area contributed by atoms with Crippen LogP contribution in [0.15, 0.2) is 85.1 Å². The van der Waals surface area contributed by atoms with Crippen LogP contribution in [0.2, 0.25) is 0 Å². The second-order valence-corrected chi connectivity index (χ2v) is 6.57. The Labute approximate surface area is 165 Å². The summed E-state index contributed by atoms with van der Waals surface area (Å²) in [4.78, 5) is 0. The Morgan fingerprint density at radius 3 is 2.14 bits per heavy atom. The first-order valence-corrected chi connectivity index (χ1v) is 9.69. The highest BCUT2D eigenvalue weighted by molar-refractivity contribution is 5.97. The van der Waals surface area contributed by atoms with Gasteiger partial charge in [-0.15, -0.1) is 10.2 Å². The van der Waals surface area contributed by atoms with Crippen molar-refractivity contribution in [2.24, 2.45) is 0 Å². The fraction of sp³-hybridized carbons (Fsp3) is 0.120. The topological polar surface area (TPSA) is 30.2 Å². The van der Waals surface area contributed by atoms with Crippen LogP contribution in [0, 0.1) is 6.92 Å². The van der Waals surface area contributed by atoms with E-state index in [1.54, 1.807) is 0 Å².